The molecule has 4 heteroatoms. The average Bonchev–Trinajstić information content (AvgIpc) is 2.72. The lowest BCUT2D eigenvalue weighted by Gasteiger charge is -2.08. The number of rotatable bonds is 6. The van der Waals surface area contributed by atoms with E-state index in [4.69, 9.17) is 5.11 Å². The van der Waals surface area contributed by atoms with Gasteiger partial charge in [-0.15, -0.1) is 11.3 Å². The zero-order chi connectivity index (χ0) is 12.8. The quantitative estimate of drug-likeness (QED) is 0.820. The number of aliphatic hydroxyl groups excluding tert-OH is 1. The molecule has 1 heterocycles. The van der Waals surface area contributed by atoms with Gasteiger partial charge < -0.3 is 10.4 Å². The molecule has 96 valence electrons. The summed E-state index contributed by atoms with van der Waals surface area (Å²) in [6, 6.07) is 1.79. The van der Waals surface area contributed by atoms with Crippen LogP contribution in [0.5, 0.6) is 0 Å². The molecule has 17 heavy (non-hydrogen) atoms. The topological polar surface area (TPSA) is 49.3 Å². The fraction of sp³-hybridized carbons (Fsp3) is 0.615. The maximum atomic E-state index is 11.9. The van der Waals surface area contributed by atoms with Crippen molar-refractivity contribution in [3.8, 4) is 0 Å². The Bertz CT molecular complexity index is 373. The Morgan fingerprint density at radius 1 is 1.53 bits per heavy atom. The summed E-state index contributed by atoms with van der Waals surface area (Å²) in [7, 11) is 0. The molecular formula is C13H21NO2S. The lowest BCUT2D eigenvalue weighted by molar-refractivity contribution is 0.0926. The molecule has 0 radical (unpaired) electrons. The van der Waals surface area contributed by atoms with Crippen LogP contribution < -0.4 is 5.32 Å². The molecule has 1 aromatic heterocycles. The number of aliphatic hydroxyl groups is 1. The Balaban J connectivity index is 2.80. The fourth-order valence-electron chi connectivity index (χ4n) is 1.66. The summed E-state index contributed by atoms with van der Waals surface area (Å²) in [5.41, 5.74) is 1.28. The standard InChI is InChI=1S/C13H21NO2S/c1-4-6-11-10(5-2)7-12(17-11)13(16)14-9(3)8-15/h7,9,15H,4-6,8H2,1-3H3,(H,14,16)/t9-/m1/s1. The first-order chi connectivity index (χ1) is 8.12. The Kier molecular flexibility index (Phi) is 5.65. The van der Waals surface area contributed by atoms with E-state index < -0.39 is 0 Å². The molecule has 2 N–H and O–H groups in total. The summed E-state index contributed by atoms with van der Waals surface area (Å²) in [6.07, 6.45) is 3.10. The van der Waals surface area contributed by atoms with E-state index in [0.29, 0.717) is 0 Å². The minimum absolute atomic E-state index is 0.0282. The van der Waals surface area contributed by atoms with Gasteiger partial charge in [0, 0.05) is 10.9 Å². The summed E-state index contributed by atoms with van der Waals surface area (Å²) in [6.45, 7) is 6.02. The van der Waals surface area contributed by atoms with Gasteiger partial charge in [-0.2, -0.15) is 0 Å². The van der Waals surface area contributed by atoms with Gasteiger partial charge in [0.1, 0.15) is 0 Å². The van der Waals surface area contributed by atoms with Crippen LogP contribution >= 0.6 is 11.3 Å². The molecule has 0 bridgehead atoms. The first-order valence-corrected chi connectivity index (χ1v) is 6.97. The fourth-order valence-corrected chi connectivity index (χ4v) is 2.92. The van der Waals surface area contributed by atoms with E-state index in [1.165, 1.54) is 10.4 Å². The average molecular weight is 255 g/mol. The second-order valence-corrected chi connectivity index (χ2v) is 5.36. The van der Waals surface area contributed by atoms with E-state index in [2.05, 4.69) is 19.2 Å². The van der Waals surface area contributed by atoms with Crippen molar-refractivity contribution in [1.82, 2.24) is 5.32 Å². The second kappa shape index (κ2) is 6.77. The van der Waals surface area contributed by atoms with Gasteiger partial charge in [-0.1, -0.05) is 20.3 Å². The zero-order valence-electron chi connectivity index (χ0n) is 10.7. The number of aryl methyl sites for hydroxylation is 2. The number of nitrogens with one attached hydrogen (secondary N) is 1. The van der Waals surface area contributed by atoms with Crippen molar-refractivity contribution in [3.05, 3.63) is 21.4 Å². The molecule has 0 aliphatic carbocycles. The first kappa shape index (κ1) is 14.2. The van der Waals surface area contributed by atoms with Crippen molar-refractivity contribution in [2.75, 3.05) is 6.61 Å². The van der Waals surface area contributed by atoms with Gasteiger partial charge in [0.05, 0.1) is 11.5 Å². The number of hydrogen-bond donors (Lipinski definition) is 2. The highest BCUT2D eigenvalue weighted by atomic mass is 32.1. The van der Waals surface area contributed by atoms with Crippen LogP contribution in [0.15, 0.2) is 6.07 Å². The van der Waals surface area contributed by atoms with E-state index in [9.17, 15) is 4.79 Å². The number of carbonyl (C=O) groups is 1. The number of amides is 1. The van der Waals surface area contributed by atoms with E-state index >= 15 is 0 Å². The van der Waals surface area contributed by atoms with Crippen molar-refractivity contribution in [3.63, 3.8) is 0 Å². The maximum Gasteiger partial charge on any atom is 0.261 e. The van der Waals surface area contributed by atoms with Gasteiger partial charge in [0.25, 0.3) is 5.91 Å². The Hall–Kier alpha value is -0.870. The van der Waals surface area contributed by atoms with Crippen molar-refractivity contribution in [1.29, 1.82) is 0 Å². The summed E-state index contributed by atoms with van der Waals surface area (Å²) in [5.74, 6) is -0.0754. The van der Waals surface area contributed by atoms with Gasteiger partial charge >= 0.3 is 0 Å². The predicted octanol–water partition coefficient (Wildman–Crippen LogP) is 2.37. The maximum absolute atomic E-state index is 11.9. The summed E-state index contributed by atoms with van der Waals surface area (Å²) in [4.78, 5) is 14.0. The van der Waals surface area contributed by atoms with Crippen LogP contribution in [0.1, 0.15) is 47.3 Å². The number of carbonyl (C=O) groups excluding carboxylic acids is 1. The van der Waals surface area contributed by atoms with E-state index in [-0.39, 0.29) is 18.6 Å². The third kappa shape index (κ3) is 3.82. The van der Waals surface area contributed by atoms with Crippen LogP contribution in [0.4, 0.5) is 0 Å². The zero-order valence-corrected chi connectivity index (χ0v) is 11.6. The van der Waals surface area contributed by atoms with Crippen molar-refractivity contribution < 1.29 is 9.90 Å². The third-order valence-corrected chi connectivity index (χ3v) is 3.87. The molecule has 1 amide bonds. The second-order valence-electron chi connectivity index (χ2n) is 4.22. The highest BCUT2D eigenvalue weighted by Gasteiger charge is 2.14. The highest BCUT2D eigenvalue weighted by Crippen LogP contribution is 2.24. The molecule has 1 atom stereocenters. The summed E-state index contributed by atoms with van der Waals surface area (Å²) >= 11 is 1.58. The third-order valence-electron chi connectivity index (χ3n) is 2.63. The van der Waals surface area contributed by atoms with Gasteiger partial charge in [-0.3, -0.25) is 4.79 Å². The van der Waals surface area contributed by atoms with E-state index in [1.807, 2.05) is 6.07 Å². The van der Waals surface area contributed by atoms with Crippen LogP contribution in [-0.4, -0.2) is 23.7 Å². The normalized spacial score (nSPS) is 12.5. The molecule has 1 rings (SSSR count). The molecule has 1 aromatic rings. The van der Waals surface area contributed by atoms with Crippen molar-refractivity contribution >= 4 is 17.2 Å². The minimum Gasteiger partial charge on any atom is -0.394 e. The van der Waals surface area contributed by atoms with Crippen LogP contribution in [0, 0.1) is 0 Å². The number of hydrogen-bond acceptors (Lipinski definition) is 3. The Morgan fingerprint density at radius 3 is 2.76 bits per heavy atom. The van der Waals surface area contributed by atoms with Crippen LogP contribution in [0.2, 0.25) is 0 Å². The molecule has 0 aliphatic heterocycles. The van der Waals surface area contributed by atoms with Crippen LogP contribution in [-0.2, 0) is 12.8 Å². The lowest BCUT2D eigenvalue weighted by Crippen LogP contribution is -2.34. The van der Waals surface area contributed by atoms with Crippen LogP contribution in [0.3, 0.4) is 0 Å². The summed E-state index contributed by atoms with van der Waals surface area (Å²) in [5, 5.41) is 11.7. The minimum atomic E-state index is -0.190. The van der Waals surface area contributed by atoms with Crippen molar-refractivity contribution in [2.45, 2.75) is 46.1 Å². The molecule has 0 unspecified atom stereocenters. The van der Waals surface area contributed by atoms with Crippen molar-refractivity contribution in [2.24, 2.45) is 0 Å². The molecule has 0 fully saturated rings. The van der Waals surface area contributed by atoms with Crippen LogP contribution in [0.25, 0.3) is 0 Å². The van der Waals surface area contributed by atoms with E-state index in [1.54, 1.807) is 18.3 Å². The Labute approximate surface area is 107 Å². The summed E-state index contributed by atoms with van der Waals surface area (Å²) < 4.78 is 0. The SMILES string of the molecule is CCCc1sc(C(=O)N[C@H](C)CO)cc1CC. The van der Waals surface area contributed by atoms with E-state index in [0.717, 1.165) is 24.1 Å². The Morgan fingerprint density at radius 2 is 2.24 bits per heavy atom. The molecule has 0 saturated heterocycles. The molecular weight excluding hydrogens is 234 g/mol. The predicted molar refractivity (Wildman–Crippen MR) is 71.7 cm³/mol. The molecule has 0 aliphatic rings. The molecule has 0 saturated carbocycles. The lowest BCUT2D eigenvalue weighted by atomic mass is 10.1. The largest absolute Gasteiger partial charge is 0.394 e. The molecule has 0 spiro atoms. The first-order valence-electron chi connectivity index (χ1n) is 6.15. The highest BCUT2D eigenvalue weighted by molar-refractivity contribution is 7.14. The molecule has 0 aromatic carbocycles. The monoisotopic (exact) mass is 255 g/mol. The van der Waals surface area contributed by atoms with Gasteiger partial charge in [0.2, 0.25) is 0 Å². The van der Waals surface area contributed by atoms with Gasteiger partial charge in [0.15, 0.2) is 0 Å². The van der Waals surface area contributed by atoms with Gasteiger partial charge in [-0.05, 0) is 31.4 Å². The van der Waals surface area contributed by atoms with Gasteiger partial charge in [-0.25, -0.2) is 0 Å². The molecule has 3 nitrogen and oxygen atoms in total. The smallest absolute Gasteiger partial charge is 0.261 e. The number of thiophene rings is 1.